The first-order valence-electron chi connectivity index (χ1n) is 4.51. The molecule has 0 amide bonds. The molecule has 1 rings (SSSR count). The minimum Gasteiger partial charge on any atom is -0.496 e. The van der Waals surface area contributed by atoms with E-state index in [1.54, 1.807) is 13.2 Å². The van der Waals surface area contributed by atoms with Crippen molar-refractivity contribution >= 4 is 18.0 Å². The second-order valence-electron chi connectivity index (χ2n) is 2.83. The number of thioether (sulfide) groups is 1. The Morgan fingerprint density at radius 3 is 2.86 bits per heavy atom. The predicted octanol–water partition coefficient (Wildman–Crippen LogP) is 2.76. The van der Waals surface area contributed by atoms with Crippen LogP contribution in [0.4, 0.5) is 0 Å². The summed E-state index contributed by atoms with van der Waals surface area (Å²) in [7, 11) is 1.65. The third-order valence-electron chi connectivity index (χ3n) is 1.90. The van der Waals surface area contributed by atoms with Crippen molar-refractivity contribution in [3.8, 4) is 5.75 Å². The summed E-state index contributed by atoms with van der Waals surface area (Å²) < 4.78 is 5.21. The Morgan fingerprint density at radius 1 is 1.50 bits per heavy atom. The van der Waals surface area contributed by atoms with Gasteiger partial charge in [0.2, 0.25) is 0 Å². The summed E-state index contributed by atoms with van der Waals surface area (Å²) in [5.74, 6) is 2.81. The normalized spacial score (nSPS) is 9.86. The molecule has 0 radical (unpaired) electrons. The van der Waals surface area contributed by atoms with Crippen molar-refractivity contribution in [1.29, 1.82) is 0 Å². The molecule has 0 fully saturated rings. The monoisotopic (exact) mass is 210 g/mol. The first-order chi connectivity index (χ1) is 6.81. The van der Waals surface area contributed by atoms with Gasteiger partial charge in [0, 0.05) is 16.9 Å². The summed E-state index contributed by atoms with van der Waals surface area (Å²) in [6.07, 6.45) is 0.861. The van der Waals surface area contributed by atoms with Crippen LogP contribution in [0.15, 0.2) is 18.2 Å². The van der Waals surface area contributed by atoms with E-state index in [4.69, 9.17) is 4.74 Å². The van der Waals surface area contributed by atoms with Crippen molar-refractivity contribution < 1.29 is 9.53 Å². The minimum absolute atomic E-state index is 0.706. The number of methoxy groups -OCH3 is 1. The molecule has 14 heavy (non-hydrogen) atoms. The standard InChI is InChI=1S/C11H14O2S/c1-3-14-8-10-6-9(7-12)4-5-11(10)13-2/h4-7H,3,8H2,1-2H3. The topological polar surface area (TPSA) is 26.3 Å². The molecule has 76 valence electrons. The van der Waals surface area contributed by atoms with Gasteiger partial charge in [-0.2, -0.15) is 11.8 Å². The van der Waals surface area contributed by atoms with Crippen LogP contribution < -0.4 is 4.74 Å². The highest BCUT2D eigenvalue weighted by atomic mass is 32.2. The molecule has 0 bridgehead atoms. The van der Waals surface area contributed by atoms with Crippen molar-refractivity contribution in [3.63, 3.8) is 0 Å². The lowest BCUT2D eigenvalue weighted by molar-refractivity contribution is 0.112. The molecule has 0 heterocycles. The molecule has 0 aliphatic rings. The maximum Gasteiger partial charge on any atom is 0.150 e. The lowest BCUT2D eigenvalue weighted by Gasteiger charge is -2.07. The SMILES string of the molecule is CCSCc1cc(C=O)ccc1OC. The van der Waals surface area contributed by atoms with Gasteiger partial charge in [-0.3, -0.25) is 4.79 Å². The third-order valence-corrected chi connectivity index (χ3v) is 2.83. The highest BCUT2D eigenvalue weighted by Gasteiger charge is 2.03. The highest BCUT2D eigenvalue weighted by molar-refractivity contribution is 7.98. The number of hydrogen-bond donors (Lipinski definition) is 0. The second-order valence-corrected chi connectivity index (χ2v) is 4.10. The molecule has 0 atom stereocenters. The van der Waals surface area contributed by atoms with Crippen molar-refractivity contribution in [1.82, 2.24) is 0 Å². The van der Waals surface area contributed by atoms with Gasteiger partial charge in [0.15, 0.2) is 0 Å². The molecule has 0 aliphatic carbocycles. The van der Waals surface area contributed by atoms with E-state index in [-0.39, 0.29) is 0 Å². The highest BCUT2D eigenvalue weighted by Crippen LogP contribution is 2.23. The summed E-state index contributed by atoms with van der Waals surface area (Å²) in [6.45, 7) is 2.11. The van der Waals surface area contributed by atoms with E-state index in [9.17, 15) is 4.79 Å². The fraction of sp³-hybridized carbons (Fsp3) is 0.364. The van der Waals surface area contributed by atoms with Gasteiger partial charge < -0.3 is 4.74 Å². The molecule has 1 aromatic carbocycles. The average molecular weight is 210 g/mol. The molecule has 0 saturated carbocycles. The van der Waals surface area contributed by atoms with E-state index in [1.807, 2.05) is 23.9 Å². The molecule has 2 nitrogen and oxygen atoms in total. The van der Waals surface area contributed by atoms with E-state index in [2.05, 4.69) is 6.92 Å². The van der Waals surface area contributed by atoms with E-state index < -0.39 is 0 Å². The molecule has 0 spiro atoms. The zero-order valence-electron chi connectivity index (χ0n) is 8.45. The lowest BCUT2D eigenvalue weighted by atomic mass is 10.1. The van der Waals surface area contributed by atoms with Crippen molar-refractivity contribution in [2.75, 3.05) is 12.9 Å². The van der Waals surface area contributed by atoms with E-state index in [0.29, 0.717) is 5.56 Å². The fourth-order valence-corrected chi connectivity index (χ4v) is 1.85. The first kappa shape index (κ1) is 11.1. The number of rotatable bonds is 5. The Hall–Kier alpha value is -0.960. The Kier molecular flexibility index (Phi) is 4.53. The van der Waals surface area contributed by atoms with Gasteiger partial charge in [-0.25, -0.2) is 0 Å². The Balaban J connectivity index is 2.89. The average Bonchev–Trinajstić information content (AvgIpc) is 2.25. The predicted molar refractivity (Wildman–Crippen MR) is 60.2 cm³/mol. The number of aldehydes is 1. The maximum absolute atomic E-state index is 10.6. The Bertz CT molecular complexity index is 310. The summed E-state index contributed by atoms with van der Waals surface area (Å²) >= 11 is 1.81. The van der Waals surface area contributed by atoms with Crippen molar-refractivity contribution in [2.24, 2.45) is 0 Å². The van der Waals surface area contributed by atoms with Crippen LogP contribution in [-0.2, 0) is 5.75 Å². The van der Waals surface area contributed by atoms with Crippen LogP contribution in [0.1, 0.15) is 22.8 Å². The van der Waals surface area contributed by atoms with Gasteiger partial charge >= 0.3 is 0 Å². The number of hydrogen-bond acceptors (Lipinski definition) is 3. The maximum atomic E-state index is 10.6. The number of benzene rings is 1. The van der Waals surface area contributed by atoms with Gasteiger partial charge in [-0.1, -0.05) is 6.92 Å². The molecule has 1 aromatic rings. The van der Waals surface area contributed by atoms with Gasteiger partial charge in [-0.15, -0.1) is 0 Å². The van der Waals surface area contributed by atoms with Crippen LogP contribution in [0.5, 0.6) is 5.75 Å². The van der Waals surface area contributed by atoms with Crippen molar-refractivity contribution in [3.05, 3.63) is 29.3 Å². The first-order valence-corrected chi connectivity index (χ1v) is 5.67. The Labute approximate surface area is 88.7 Å². The fourth-order valence-electron chi connectivity index (χ4n) is 1.20. The second kappa shape index (κ2) is 5.70. The quantitative estimate of drug-likeness (QED) is 0.699. The smallest absolute Gasteiger partial charge is 0.150 e. The lowest BCUT2D eigenvalue weighted by Crippen LogP contribution is -1.92. The van der Waals surface area contributed by atoms with Crippen LogP contribution in [-0.4, -0.2) is 19.1 Å². The number of carbonyl (C=O) groups excluding carboxylic acids is 1. The van der Waals surface area contributed by atoms with E-state index in [0.717, 1.165) is 29.1 Å². The molecular weight excluding hydrogens is 196 g/mol. The zero-order valence-corrected chi connectivity index (χ0v) is 9.26. The van der Waals surface area contributed by atoms with Crippen LogP contribution >= 0.6 is 11.8 Å². The van der Waals surface area contributed by atoms with Gasteiger partial charge in [-0.05, 0) is 24.0 Å². The van der Waals surface area contributed by atoms with Gasteiger partial charge in [0.05, 0.1) is 7.11 Å². The zero-order chi connectivity index (χ0) is 10.4. The summed E-state index contributed by atoms with van der Waals surface area (Å²) in [5, 5.41) is 0. The number of carbonyl (C=O) groups is 1. The summed E-state index contributed by atoms with van der Waals surface area (Å²) in [4.78, 5) is 10.6. The van der Waals surface area contributed by atoms with E-state index >= 15 is 0 Å². The Morgan fingerprint density at radius 2 is 2.29 bits per heavy atom. The van der Waals surface area contributed by atoms with Crippen LogP contribution in [0.3, 0.4) is 0 Å². The molecular formula is C11H14O2S. The van der Waals surface area contributed by atoms with Crippen LogP contribution in [0, 0.1) is 0 Å². The molecule has 0 unspecified atom stereocenters. The minimum atomic E-state index is 0.706. The van der Waals surface area contributed by atoms with Crippen LogP contribution in [0.2, 0.25) is 0 Å². The van der Waals surface area contributed by atoms with E-state index in [1.165, 1.54) is 0 Å². The molecule has 3 heteroatoms. The molecule has 0 aliphatic heterocycles. The third kappa shape index (κ3) is 2.77. The number of ether oxygens (including phenoxy) is 1. The van der Waals surface area contributed by atoms with Gasteiger partial charge in [0.1, 0.15) is 12.0 Å². The molecule has 0 saturated heterocycles. The van der Waals surface area contributed by atoms with Crippen LogP contribution in [0.25, 0.3) is 0 Å². The van der Waals surface area contributed by atoms with Crippen molar-refractivity contribution in [2.45, 2.75) is 12.7 Å². The summed E-state index contributed by atoms with van der Waals surface area (Å²) in [5.41, 5.74) is 1.79. The molecule has 0 aromatic heterocycles. The van der Waals surface area contributed by atoms with Gasteiger partial charge in [0.25, 0.3) is 0 Å². The summed E-state index contributed by atoms with van der Waals surface area (Å²) in [6, 6.07) is 5.50. The molecule has 0 N–H and O–H groups in total. The largest absolute Gasteiger partial charge is 0.496 e.